The van der Waals surface area contributed by atoms with E-state index in [1.165, 1.54) is 75.1 Å². The van der Waals surface area contributed by atoms with E-state index in [4.69, 9.17) is 4.42 Å². The van der Waals surface area contributed by atoms with E-state index >= 15 is 0 Å². The van der Waals surface area contributed by atoms with Crippen molar-refractivity contribution in [3.8, 4) is 22.3 Å². The van der Waals surface area contributed by atoms with Gasteiger partial charge in [-0.3, -0.25) is 0 Å². The average Bonchev–Trinajstić information content (AvgIpc) is 3.83. The molecule has 2 nitrogen and oxygen atoms in total. The fraction of sp³-hybridized carbons (Fsp3) is 0.0612. The van der Waals surface area contributed by atoms with Crippen LogP contribution in [0.1, 0.15) is 25.0 Å². The second-order valence-corrected chi connectivity index (χ2v) is 15.6. The second-order valence-electron chi connectivity index (χ2n) is 14.5. The van der Waals surface area contributed by atoms with Gasteiger partial charge < -0.3 is 9.32 Å². The highest BCUT2D eigenvalue weighted by molar-refractivity contribution is 7.26. The van der Waals surface area contributed by atoms with Crippen molar-refractivity contribution in [3.05, 3.63) is 175 Å². The van der Waals surface area contributed by atoms with E-state index in [1.807, 2.05) is 11.3 Å². The predicted octanol–water partition coefficient (Wildman–Crippen LogP) is 14.6. The van der Waals surface area contributed by atoms with Gasteiger partial charge in [-0.2, -0.15) is 0 Å². The molecule has 0 atom stereocenters. The number of hydrogen-bond acceptors (Lipinski definition) is 3. The van der Waals surface area contributed by atoms with Gasteiger partial charge in [0.1, 0.15) is 11.2 Å². The Hall–Kier alpha value is -6.16. The molecular weight excluding hydrogens is 651 g/mol. The normalized spacial score (nSPS) is 13.3. The number of anilines is 3. The molecule has 0 amide bonds. The lowest BCUT2D eigenvalue weighted by molar-refractivity contribution is 0.662. The summed E-state index contributed by atoms with van der Waals surface area (Å²) in [6.07, 6.45) is 0. The Labute approximate surface area is 305 Å². The molecule has 11 rings (SSSR count). The summed E-state index contributed by atoms with van der Waals surface area (Å²) in [5, 5.41) is 7.25. The van der Waals surface area contributed by atoms with Gasteiger partial charge in [0, 0.05) is 53.4 Å². The summed E-state index contributed by atoms with van der Waals surface area (Å²) < 4.78 is 9.13. The summed E-state index contributed by atoms with van der Waals surface area (Å²) in [5.74, 6) is 0. The van der Waals surface area contributed by atoms with Crippen molar-refractivity contribution in [2.45, 2.75) is 19.3 Å². The zero-order chi connectivity index (χ0) is 34.6. The molecule has 0 saturated carbocycles. The minimum atomic E-state index is -0.0708. The van der Waals surface area contributed by atoms with Crippen molar-refractivity contribution in [1.82, 2.24) is 0 Å². The molecule has 0 unspecified atom stereocenters. The van der Waals surface area contributed by atoms with Crippen molar-refractivity contribution < 1.29 is 4.42 Å². The van der Waals surface area contributed by atoms with Crippen LogP contribution >= 0.6 is 11.3 Å². The van der Waals surface area contributed by atoms with Gasteiger partial charge >= 0.3 is 0 Å². The maximum atomic E-state index is 6.66. The fourth-order valence-electron chi connectivity index (χ4n) is 8.89. The summed E-state index contributed by atoms with van der Waals surface area (Å²) >= 11 is 1.83. The van der Waals surface area contributed by atoms with Crippen molar-refractivity contribution in [3.63, 3.8) is 0 Å². The zero-order valence-electron chi connectivity index (χ0n) is 28.9. The number of hydrogen-bond donors (Lipinski definition) is 0. The van der Waals surface area contributed by atoms with Gasteiger partial charge in [0.25, 0.3) is 0 Å². The lowest BCUT2D eigenvalue weighted by Gasteiger charge is -2.27. The minimum absolute atomic E-state index is 0.0708. The third kappa shape index (κ3) is 4.17. The largest absolute Gasteiger partial charge is 0.455 e. The maximum absolute atomic E-state index is 6.66. The molecule has 8 aromatic carbocycles. The van der Waals surface area contributed by atoms with E-state index in [2.05, 4.69) is 183 Å². The summed E-state index contributed by atoms with van der Waals surface area (Å²) in [6.45, 7) is 4.72. The second kappa shape index (κ2) is 10.9. The van der Waals surface area contributed by atoms with Gasteiger partial charge in [0.2, 0.25) is 0 Å². The Morgan fingerprint density at radius 3 is 2.10 bits per heavy atom. The molecule has 1 aliphatic carbocycles. The smallest absolute Gasteiger partial charge is 0.144 e. The number of nitrogens with zero attached hydrogens (tertiary/aromatic N) is 1. The topological polar surface area (TPSA) is 16.4 Å². The Bertz CT molecular complexity index is 3040. The monoisotopic (exact) mass is 683 g/mol. The first-order valence-electron chi connectivity index (χ1n) is 17.9. The summed E-state index contributed by atoms with van der Waals surface area (Å²) in [7, 11) is 0. The third-order valence-electron chi connectivity index (χ3n) is 11.2. The quantitative estimate of drug-likeness (QED) is 0.184. The number of benzene rings is 8. The van der Waals surface area contributed by atoms with E-state index in [-0.39, 0.29) is 5.41 Å². The van der Waals surface area contributed by atoms with Gasteiger partial charge in [-0.25, -0.2) is 0 Å². The first-order chi connectivity index (χ1) is 25.5. The summed E-state index contributed by atoms with van der Waals surface area (Å²) in [5.41, 5.74) is 13.2. The number of para-hydroxylation sites is 1. The lowest BCUT2D eigenvalue weighted by Crippen LogP contribution is -2.16. The molecule has 3 heteroatoms. The van der Waals surface area contributed by atoms with Gasteiger partial charge in [0.05, 0.1) is 0 Å². The highest BCUT2D eigenvalue weighted by Crippen LogP contribution is 2.52. The van der Waals surface area contributed by atoms with Gasteiger partial charge in [-0.15, -0.1) is 11.3 Å². The molecule has 0 N–H and O–H groups in total. The van der Waals surface area contributed by atoms with Crippen LogP contribution in [0.3, 0.4) is 0 Å². The number of rotatable bonds is 4. The molecule has 0 bridgehead atoms. The Balaban J connectivity index is 1.04. The van der Waals surface area contributed by atoms with Crippen LogP contribution in [0.25, 0.3) is 75.1 Å². The predicted molar refractivity (Wildman–Crippen MR) is 222 cm³/mol. The highest BCUT2D eigenvalue weighted by Gasteiger charge is 2.37. The molecule has 0 saturated heterocycles. The number of thiophene rings is 1. The first-order valence-corrected chi connectivity index (χ1v) is 18.7. The summed E-state index contributed by atoms with van der Waals surface area (Å²) in [4.78, 5) is 2.37. The van der Waals surface area contributed by atoms with Crippen LogP contribution in [-0.4, -0.2) is 0 Å². The van der Waals surface area contributed by atoms with E-state index in [0.717, 1.165) is 28.2 Å². The van der Waals surface area contributed by atoms with Crippen LogP contribution in [0, 0.1) is 0 Å². The van der Waals surface area contributed by atoms with E-state index in [9.17, 15) is 0 Å². The standard InChI is InChI=1S/C49H33NOS/c1-49(2)41-18-9-8-15-37(41)38-17-10-16-36(47(38)49)31-19-22-33(23-20-31)50(32-12-4-3-5-13-32)34-24-25-39-44(29-34)52-43-28-26-40-45-35-14-7-6-11-30(35)21-27-42(45)51-48(40)46(39)43/h3-29H,1-2H3. The molecule has 1 aliphatic rings. The van der Waals surface area contributed by atoms with Crippen LogP contribution in [0.4, 0.5) is 17.1 Å². The van der Waals surface area contributed by atoms with Crippen molar-refractivity contribution in [1.29, 1.82) is 0 Å². The molecule has 0 radical (unpaired) electrons. The van der Waals surface area contributed by atoms with Crippen molar-refractivity contribution >= 4 is 81.3 Å². The molecule has 0 fully saturated rings. The first kappa shape index (κ1) is 29.6. The molecule has 10 aromatic rings. The van der Waals surface area contributed by atoms with Gasteiger partial charge in [0.15, 0.2) is 0 Å². The van der Waals surface area contributed by atoms with E-state index in [1.54, 1.807) is 0 Å². The highest BCUT2D eigenvalue weighted by atomic mass is 32.1. The molecule has 246 valence electrons. The summed E-state index contributed by atoms with van der Waals surface area (Å²) in [6, 6.07) is 59.7. The molecule has 2 aromatic heterocycles. The van der Waals surface area contributed by atoms with Crippen LogP contribution in [-0.2, 0) is 5.41 Å². The zero-order valence-corrected chi connectivity index (χ0v) is 29.7. The molecule has 0 spiro atoms. The van der Waals surface area contributed by atoms with Gasteiger partial charge in [-0.1, -0.05) is 123 Å². The van der Waals surface area contributed by atoms with Crippen LogP contribution < -0.4 is 4.90 Å². The van der Waals surface area contributed by atoms with E-state index in [0.29, 0.717) is 0 Å². The molecule has 0 aliphatic heterocycles. The molecule has 2 heterocycles. The minimum Gasteiger partial charge on any atom is -0.455 e. The van der Waals surface area contributed by atoms with E-state index < -0.39 is 0 Å². The molecular formula is C49H33NOS. The Morgan fingerprint density at radius 1 is 0.500 bits per heavy atom. The third-order valence-corrected chi connectivity index (χ3v) is 12.4. The Kier molecular flexibility index (Phi) is 6.21. The maximum Gasteiger partial charge on any atom is 0.144 e. The molecule has 52 heavy (non-hydrogen) atoms. The Morgan fingerprint density at radius 2 is 1.21 bits per heavy atom. The van der Waals surface area contributed by atoms with Crippen molar-refractivity contribution in [2.75, 3.05) is 4.90 Å². The number of furan rings is 1. The van der Waals surface area contributed by atoms with Crippen LogP contribution in [0.2, 0.25) is 0 Å². The van der Waals surface area contributed by atoms with Crippen LogP contribution in [0.5, 0.6) is 0 Å². The van der Waals surface area contributed by atoms with Crippen molar-refractivity contribution in [2.24, 2.45) is 0 Å². The number of fused-ring (bicyclic) bond motifs is 12. The average molecular weight is 684 g/mol. The lowest BCUT2D eigenvalue weighted by atomic mass is 9.79. The SMILES string of the molecule is CC1(C)c2ccccc2-c2cccc(-c3ccc(N(c4ccccc4)c4ccc5c(c4)sc4ccc6c(oc7ccc8ccccc8c76)c45)cc3)c21. The van der Waals surface area contributed by atoms with Crippen LogP contribution in [0.15, 0.2) is 168 Å². The fourth-order valence-corrected chi connectivity index (χ4v) is 10.0. The van der Waals surface area contributed by atoms with Gasteiger partial charge in [-0.05, 0) is 98.8 Å².